The Morgan fingerprint density at radius 1 is 1.21 bits per heavy atom. The molecule has 1 fully saturated rings. The van der Waals surface area contributed by atoms with Gasteiger partial charge in [0.05, 0.1) is 5.69 Å². The Hall–Kier alpha value is -1.12. The van der Waals surface area contributed by atoms with E-state index in [-0.39, 0.29) is 0 Å². The molecule has 0 saturated heterocycles. The van der Waals surface area contributed by atoms with Crippen LogP contribution in [0.15, 0.2) is 0 Å². The van der Waals surface area contributed by atoms with Gasteiger partial charge in [-0.3, -0.25) is 9.48 Å². The van der Waals surface area contributed by atoms with Crippen molar-refractivity contribution in [1.29, 1.82) is 0 Å². The van der Waals surface area contributed by atoms with E-state index in [1.807, 2.05) is 18.7 Å². The van der Waals surface area contributed by atoms with Crippen LogP contribution in [-0.2, 0) is 18.3 Å². The molecule has 0 amide bonds. The number of rotatable bonds is 4. The van der Waals surface area contributed by atoms with Gasteiger partial charge < -0.3 is 0 Å². The van der Waals surface area contributed by atoms with Gasteiger partial charge in [-0.15, -0.1) is 0 Å². The molecule has 0 spiro atoms. The van der Waals surface area contributed by atoms with Gasteiger partial charge in [0, 0.05) is 25.1 Å². The monoisotopic (exact) mass is 262 g/mol. The summed E-state index contributed by atoms with van der Waals surface area (Å²) in [5.41, 5.74) is 3.55. The molecule has 1 aliphatic rings. The third kappa shape index (κ3) is 3.46. The first-order valence-corrected chi connectivity index (χ1v) is 7.61. The van der Waals surface area contributed by atoms with Crippen molar-refractivity contribution in [3.63, 3.8) is 0 Å². The Morgan fingerprint density at radius 3 is 2.37 bits per heavy atom. The molecule has 0 radical (unpaired) electrons. The van der Waals surface area contributed by atoms with Crippen LogP contribution in [0.5, 0.6) is 0 Å². The van der Waals surface area contributed by atoms with Gasteiger partial charge in [-0.2, -0.15) is 5.10 Å². The molecule has 0 aromatic carbocycles. The maximum absolute atomic E-state index is 12.3. The van der Waals surface area contributed by atoms with E-state index < -0.39 is 0 Å². The van der Waals surface area contributed by atoms with Gasteiger partial charge in [0.1, 0.15) is 5.78 Å². The largest absolute Gasteiger partial charge is 0.299 e. The average Bonchev–Trinajstić information content (AvgIpc) is 2.62. The minimum atomic E-state index is 0.333. The highest BCUT2D eigenvalue weighted by atomic mass is 16.1. The first kappa shape index (κ1) is 14.3. The summed E-state index contributed by atoms with van der Waals surface area (Å²) in [7, 11) is 1.97. The number of hydrogen-bond acceptors (Lipinski definition) is 2. The molecule has 1 saturated carbocycles. The summed E-state index contributed by atoms with van der Waals surface area (Å²) in [5, 5.41) is 4.42. The highest BCUT2D eigenvalue weighted by molar-refractivity contribution is 5.81. The van der Waals surface area contributed by atoms with Gasteiger partial charge in [0.15, 0.2) is 0 Å². The molecule has 2 rings (SSSR count). The topological polar surface area (TPSA) is 34.9 Å². The smallest absolute Gasteiger partial charge is 0.136 e. The van der Waals surface area contributed by atoms with Crippen molar-refractivity contribution in [2.75, 3.05) is 0 Å². The molecule has 1 aromatic rings. The molecule has 1 heterocycles. The Morgan fingerprint density at radius 2 is 1.84 bits per heavy atom. The van der Waals surface area contributed by atoms with Gasteiger partial charge in [-0.05, 0) is 38.7 Å². The fourth-order valence-corrected chi connectivity index (χ4v) is 3.23. The van der Waals surface area contributed by atoms with Gasteiger partial charge in [-0.1, -0.05) is 25.7 Å². The molecule has 0 aliphatic heterocycles. The SMILES string of the molecule is Cc1nn(C)c(C)c1CCC(=O)C1CCCCCC1. The minimum absolute atomic E-state index is 0.333. The number of Topliss-reactive ketones (excluding diaryl/α,β-unsaturated/α-hetero) is 1. The molecule has 19 heavy (non-hydrogen) atoms. The Balaban J connectivity index is 1.92. The van der Waals surface area contributed by atoms with E-state index in [9.17, 15) is 4.79 Å². The number of nitrogens with zero attached hydrogens (tertiary/aromatic N) is 2. The van der Waals surface area contributed by atoms with Crippen molar-refractivity contribution in [2.45, 2.75) is 65.2 Å². The summed E-state index contributed by atoms with van der Waals surface area (Å²) in [4.78, 5) is 12.3. The molecule has 0 bridgehead atoms. The molecule has 106 valence electrons. The summed E-state index contributed by atoms with van der Waals surface area (Å²) >= 11 is 0. The standard InChI is InChI=1S/C16H26N2O/c1-12-15(13(2)18(3)17-12)10-11-16(19)14-8-6-4-5-7-9-14/h14H,4-11H2,1-3H3. The minimum Gasteiger partial charge on any atom is -0.299 e. The molecular weight excluding hydrogens is 236 g/mol. The van der Waals surface area contributed by atoms with Crippen molar-refractivity contribution in [2.24, 2.45) is 13.0 Å². The first-order chi connectivity index (χ1) is 9.09. The molecule has 0 unspecified atom stereocenters. The van der Waals surface area contributed by atoms with Crippen LogP contribution >= 0.6 is 0 Å². The lowest BCUT2D eigenvalue weighted by molar-refractivity contribution is -0.123. The lowest BCUT2D eigenvalue weighted by Gasteiger charge is -2.12. The summed E-state index contributed by atoms with van der Waals surface area (Å²) in [5.74, 6) is 0.810. The van der Waals surface area contributed by atoms with Gasteiger partial charge in [-0.25, -0.2) is 0 Å². The Bertz CT molecular complexity index is 440. The number of hydrogen-bond donors (Lipinski definition) is 0. The molecule has 1 aromatic heterocycles. The van der Waals surface area contributed by atoms with Gasteiger partial charge >= 0.3 is 0 Å². The normalized spacial score (nSPS) is 17.4. The second-order valence-electron chi connectivity index (χ2n) is 5.93. The van der Waals surface area contributed by atoms with E-state index in [0.29, 0.717) is 18.1 Å². The third-order valence-corrected chi connectivity index (χ3v) is 4.59. The van der Waals surface area contributed by atoms with Crippen LogP contribution in [0.4, 0.5) is 0 Å². The average molecular weight is 262 g/mol. The fraction of sp³-hybridized carbons (Fsp3) is 0.750. The van der Waals surface area contributed by atoms with Crippen molar-refractivity contribution in [3.05, 3.63) is 17.0 Å². The Labute approximate surface area is 116 Å². The molecule has 1 aliphatic carbocycles. The highest BCUT2D eigenvalue weighted by Gasteiger charge is 2.20. The maximum atomic E-state index is 12.3. The van der Waals surface area contributed by atoms with Crippen LogP contribution in [0.1, 0.15) is 61.9 Å². The Kier molecular flexibility index (Phi) is 4.78. The van der Waals surface area contributed by atoms with Crippen molar-refractivity contribution in [3.8, 4) is 0 Å². The summed E-state index contributed by atoms with van der Waals surface area (Å²) in [6, 6.07) is 0. The van der Waals surface area contributed by atoms with Gasteiger partial charge in [0.2, 0.25) is 0 Å². The van der Waals surface area contributed by atoms with Crippen LogP contribution in [-0.4, -0.2) is 15.6 Å². The van der Waals surface area contributed by atoms with E-state index >= 15 is 0 Å². The molecule has 3 nitrogen and oxygen atoms in total. The van der Waals surface area contributed by atoms with Crippen LogP contribution in [0.3, 0.4) is 0 Å². The first-order valence-electron chi connectivity index (χ1n) is 7.61. The van der Waals surface area contributed by atoms with Crippen LogP contribution in [0, 0.1) is 19.8 Å². The quantitative estimate of drug-likeness (QED) is 0.778. The van der Waals surface area contributed by atoms with Crippen LogP contribution in [0.25, 0.3) is 0 Å². The van der Waals surface area contributed by atoms with Crippen LogP contribution in [0.2, 0.25) is 0 Å². The lowest BCUT2D eigenvalue weighted by Crippen LogP contribution is -2.14. The maximum Gasteiger partial charge on any atom is 0.136 e. The van der Waals surface area contributed by atoms with Crippen LogP contribution < -0.4 is 0 Å². The zero-order valence-electron chi connectivity index (χ0n) is 12.5. The third-order valence-electron chi connectivity index (χ3n) is 4.59. The number of ketones is 1. The number of carbonyl (C=O) groups excluding carboxylic acids is 1. The van der Waals surface area contributed by atoms with Crippen molar-refractivity contribution >= 4 is 5.78 Å². The lowest BCUT2D eigenvalue weighted by atomic mass is 9.91. The predicted molar refractivity (Wildman–Crippen MR) is 77.2 cm³/mol. The molecule has 0 N–H and O–H groups in total. The van der Waals surface area contributed by atoms with Crippen molar-refractivity contribution < 1.29 is 4.79 Å². The molecule has 0 atom stereocenters. The van der Waals surface area contributed by atoms with E-state index in [0.717, 1.165) is 25.0 Å². The zero-order chi connectivity index (χ0) is 13.8. The number of aromatic nitrogens is 2. The van der Waals surface area contributed by atoms with E-state index in [4.69, 9.17) is 0 Å². The second kappa shape index (κ2) is 6.36. The zero-order valence-corrected chi connectivity index (χ0v) is 12.5. The fourth-order valence-electron chi connectivity index (χ4n) is 3.23. The summed E-state index contributed by atoms with van der Waals surface area (Å²) < 4.78 is 1.92. The molecular formula is C16H26N2O. The number of carbonyl (C=O) groups is 1. The van der Waals surface area contributed by atoms with Gasteiger partial charge in [0.25, 0.3) is 0 Å². The second-order valence-corrected chi connectivity index (χ2v) is 5.93. The highest BCUT2D eigenvalue weighted by Crippen LogP contribution is 2.25. The van der Waals surface area contributed by atoms with E-state index in [1.54, 1.807) is 0 Å². The summed E-state index contributed by atoms with van der Waals surface area (Å²) in [6.07, 6.45) is 8.88. The summed E-state index contributed by atoms with van der Waals surface area (Å²) in [6.45, 7) is 4.13. The number of aryl methyl sites for hydroxylation is 2. The van der Waals surface area contributed by atoms with E-state index in [1.165, 1.54) is 36.9 Å². The predicted octanol–water partition coefficient (Wildman–Crippen LogP) is 3.51. The van der Waals surface area contributed by atoms with E-state index in [2.05, 4.69) is 12.0 Å². The molecule has 3 heteroatoms. The van der Waals surface area contributed by atoms with Crippen molar-refractivity contribution in [1.82, 2.24) is 9.78 Å².